The smallest absolute Gasteiger partial charge is 0.356 e. The lowest BCUT2D eigenvalue weighted by Crippen LogP contribution is -2.40. The molecule has 0 spiro atoms. The Labute approximate surface area is 123 Å². The van der Waals surface area contributed by atoms with Crippen LogP contribution in [0.15, 0.2) is 6.20 Å². The monoisotopic (exact) mass is 296 g/mol. The van der Waals surface area contributed by atoms with Crippen LogP contribution in [0.3, 0.4) is 0 Å². The van der Waals surface area contributed by atoms with Gasteiger partial charge in [-0.1, -0.05) is 12.8 Å². The van der Waals surface area contributed by atoms with E-state index in [0.717, 1.165) is 25.9 Å². The summed E-state index contributed by atoms with van der Waals surface area (Å²) in [5, 5.41) is 0. The van der Waals surface area contributed by atoms with E-state index in [1.165, 1.54) is 20.0 Å². The molecule has 1 aliphatic carbocycles. The lowest BCUT2D eigenvalue weighted by Gasteiger charge is -2.41. The van der Waals surface area contributed by atoms with Crippen LogP contribution in [-0.4, -0.2) is 35.3 Å². The maximum atomic E-state index is 11.9. The van der Waals surface area contributed by atoms with Gasteiger partial charge in [-0.15, -0.1) is 0 Å². The number of rotatable bonds is 2. The predicted molar refractivity (Wildman–Crippen MR) is 76.3 cm³/mol. The van der Waals surface area contributed by atoms with Gasteiger partial charge in [0.1, 0.15) is 5.69 Å². The highest BCUT2D eigenvalue weighted by atomic mass is 32.1. The zero-order valence-corrected chi connectivity index (χ0v) is 12.4. The normalized spacial score (nSPS) is 29.8. The van der Waals surface area contributed by atoms with Crippen LogP contribution < -0.4 is 0 Å². The van der Waals surface area contributed by atoms with Gasteiger partial charge in [0.15, 0.2) is 4.77 Å². The summed E-state index contributed by atoms with van der Waals surface area (Å²) in [6, 6.07) is 0.238. The molecule has 1 aliphatic heterocycles. The van der Waals surface area contributed by atoms with Crippen LogP contribution in [-0.2, 0) is 9.47 Å². The molecule has 1 saturated carbocycles. The van der Waals surface area contributed by atoms with E-state index in [2.05, 4.69) is 4.98 Å². The quantitative estimate of drug-likeness (QED) is 0.673. The first-order valence-corrected chi connectivity index (χ1v) is 7.63. The summed E-state index contributed by atoms with van der Waals surface area (Å²) in [6.07, 6.45) is 7.58. The second kappa shape index (κ2) is 5.69. The molecule has 2 heterocycles. The minimum Gasteiger partial charge on any atom is -0.464 e. The van der Waals surface area contributed by atoms with E-state index >= 15 is 0 Å². The van der Waals surface area contributed by atoms with Gasteiger partial charge in [-0.3, -0.25) is 0 Å². The standard InChI is InChI=1S/C14H20N2O3S/c1-18-13(17)11-8-15-14(20)16(11)10-6-7-19-12-5-3-2-4-9(10)12/h8-10,12H,2-7H2,1H3,(H,15,20). The zero-order valence-electron chi connectivity index (χ0n) is 11.6. The number of hydrogen-bond acceptors (Lipinski definition) is 4. The fraction of sp³-hybridized carbons (Fsp3) is 0.714. The minimum atomic E-state index is -0.337. The van der Waals surface area contributed by atoms with Gasteiger partial charge in [0.05, 0.1) is 13.2 Å². The Morgan fingerprint density at radius 2 is 2.25 bits per heavy atom. The number of ether oxygens (including phenoxy) is 2. The molecule has 20 heavy (non-hydrogen) atoms. The average molecular weight is 296 g/mol. The zero-order chi connectivity index (χ0) is 14.1. The number of esters is 1. The number of H-pyrrole nitrogens is 1. The van der Waals surface area contributed by atoms with Crippen LogP contribution >= 0.6 is 12.2 Å². The van der Waals surface area contributed by atoms with Crippen molar-refractivity contribution < 1.29 is 14.3 Å². The van der Waals surface area contributed by atoms with Gasteiger partial charge in [0.2, 0.25) is 0 Å². The Balaban J connectivity index is 1.97. The lowest BCUT2D eigenvalue weighted by molar-refractivity contribution is -0.0727. The van der Waals surface area contributed by atoms with Crippen molar-refractivity contribution in [2.24, 2.45) is 5.92 Å². The maximum absolute atomic E-state index is 11.9. The van der Waals surface area contributed by atoms with Gasteiger partial charge in [-0.25, -0.2) is 4.79 Å². The molecule has 1 saturated heterocycles. The van der Waals surface area contributed by atoms with Crippen LogP contribution in [0.25, 0.3) is 0 Å². The van der Waals surface area contributed by atoms with Crippen molar-refractivity contribution in [3.05, 3.63) is 16.7 Å². The van der Waals surface area contributed by atoms with Crippen LogP contribution in [0, 0.1) is 10.7 Å². The Hall–Kier alpha value is -1.14. The highest BCUT2D eigenvalue weighted by molar-refractivity contribution is 7.71. The Kier molecular flexibility index (Phi) is 3.94. The van der Waals surface area contributed by atoms with Gasteiger partial charge in [0.25, 0.3) is 0 Å². The summed E-state index contributed by atoms with van der Waals surface area (Å²) in [7, 11) is 1.40. The van der Waals surface area contributed by atoms with E-state index in [9.17, 15) is 4.79 Å². The number of aromatic nitrogens is 2. The Morgan fingerprint density at radius 1 is 1.45 bits per heavy atom. The van der Waals surface area contributed by atoms with Crippen molar-refractivity contribution in [1.82, 2.24) is 9.55 Å². The van der Waals surface area contributed by atoms with Gasteiger partial charge < -0.3 is 19.0 Å². The van der Waals surface area contributed by atoms with E-state index in [-0.39, 0.29) is 12.0 Å². The number of imidazole rings is 1. The topological polar surface area (TPSA) is 56.2 Å². The molecular formula is C14H20N2O3S. The molecule has 3 unspecified atom stereocenters. The third kappa shape index (κ3) is 2.31. The van der Waals surface area contributed by atoms with Gasteiger partial charge in [-0.2, -0.15) is 0 Å². The first kappa shape index (κ1) is 13.8. The highest BCUT2D eigenvalue weighted by Crippen LogP contribution is 2.40. The van der Waals surface area contributed by atoms with Gasteiger partial charge in [0, 0.05) is 24.8 Å². The second-order valence-corrected chi connectivity index (χ2v) is 5.94. The fourth-order valence-electron chi connectivity index (χ4n) is 3.62. The van der Waals surface area contributed by atoms with E-state index in [1.807, 2.05) is 4.57 Å². The van der Waals surface area contributed by atoms with Gasteiger partial charge >= 0.3 is 5.97 Å². The lowest BCUT2D eigenvalue weighted by atomic mass is 9.78. The molecule has 1 aromatic rings. The molecule has 2 aliphatic rings. The van der Waals surface area contributed by atoms with Crippen LogP contribution in [0.5, 0.6) is 0 Å². The highest BCUT2D eigenvalue weighted by Gasteiger charge is 2.38. The first-order valence-electron chi connectivity index (χ1n) is 7.22. The second-order valence-electron chi connectivity index (χ2n) is 5.55. The van der Waals surface area contributed by atoms with Crippen molar-refractivity contribution in [2.75, 3.05) is 13.7 Å². The van der Waals surface area contributed by atoms with Crippen LogP contribution in [0.4, 0.5) is 0 Å². The molecule has 110 valence electrons. The first-order chi connectivity index (χ1) is 9.72. The Morgan fingerprint density at radius 3 is 3.05 bits per heavy atom. The van der Waals surface area contributed by atoms with Crippen molar-refractivity contribution in [1.29, 1.82) is 0 Å². The van der Waals surface area contributed by atoms with E-state index in [1.54, 1.807) is 6.20 Å². The summed E-state index contributed by atoms with van der Waals surface area (Å²) in [6.45, 7) is 0.736. The summed E-state index contributed by atoms with van der Waals surface area (Å²) < 4.78 is 13.3. The number of carbonyl (C=O) groups is 1. The van der Waals surface area contributed by atoms with Crippen molar-refractivity contribution in [2.45, 2.75) is 44.2 Å². The fourth-order valence-corrected chi connectivity index (χ4v) is 3.91. The number of aromatic amines is 1. The molecule has 1 aromatic heterocycles. The summed E-state index contributed by atoms with van der Waals surface area (Å²) in [5.41, 5.74) is 0.522. The number of nitrogens with one attached hydrogen (secondary N) is 1. The molecule has 0 radical (unpaired) electrons. The number of fused-ring (bicyclic) bond motifs is 1. The third-order valence-electron chi connectivity index (χ3n) is 4.53. The number of hydrogen-bond donors (Lipinski definition) is 1. The minimum absolute atomic E-state index is 0.238. The Bertz CT molecular complexity index is 549. The predicted octanol–water partition coefficient (Wildman–Crippen LogP) is 2.85. The molecule has 3 atom stereocenters. The molecule has 2 fully saturated rings. The molecule has 0 bridgehead atoms. The number of nitrogens with zero attached hydrogens (tertiary/aromatic N) is 1. The average Bonchev–Trinajstić information content (AvgIpc) is 2.87. The van der Waals surface area contributed by atoms with Crippen molar-refractivity contribution in [3.8, 4) is 0 Å². The number of carbonyl (C=O) groups excluding carboxylic acids is 1. The van der Waals surface area contributed by atoms with Gasteiger partial charge in [-0.05, 0) is 31.5 Å². The van der Waals surface area contributed by atoms with E-state index in [4.69, 9.17) is 21.7 Å². The SMILES string of the molecule is COC(=O)c1c[nH]c(=S)n1C1CCOC2CCCCC21. The molecule has 1 N–H and O–H groups in total. The van der Waals surface area contributed by atoms with Crippen molar-refractivity contribution in [3.63, 3.8) is 0 Å². The molecule has 3 rings (SSSR count). The molecule has 0 aromatic carbocycles. The third-order valence-corrected chi connectivity index (χ3v) is 4.84. The summed E-state index contributed by atoms with van der Waals surface area (Å²) in [4.78, 5) is 14.9. The van der Waals surface area contributed by atoms with Crippen LogP contribution in [0.2, 0.25) is 0 Å². The van der Waals surface area contributed by atoms with E-state index < -0.39 is 0 Å². The largest absolute Gasteiger partial charge is 0.464 e. The van der Waals surface area contributed by atoms with Crippen molar-refractivity contribution >= 4 is 18.2 Å². The number of methoxy groups -OCH3 is 1. The maximum Gasteiger partial charge on any atom is 0.356 e. The molecular weight excluding hydrogens is 276 g/mol. The molecule has 0 amide bonds. The summed E-state index contributed by atoms with van der Waals surface area (Å²) in [5.74, 6) is 0.111. The molecule has 6 heteroatoms. The molecule has 5 nitrogen and oxygen atoms in total. The van der Waals surface area contributed by atoms with Crippen LogP contribution in [0.1, 0.15) is 48.6 Å². The van der Waals surface area contributed by atoms with E-state index in [0.29, 0.717) is 22.5 Å². The summed E-state index contributed by atoms with van der Waals surface area (Å²) >= 11 is 5.37.